The number of carbonyl (C=O) groups is 3. The van der Waals surface area contributed by atoms with Crippen molar-refractivity contribution in [2.45, 2.75) is 58.5 Å². The van der Waals surface area contributed by atoms with Crippen molar-refractivity contribution in [2.24, 2.45) is 11.8 Å². The predicted octanol–water partition coefficient (Wildman–Crippen LogP) is 2.75. The molecule has 2 aliphatic rings. The maximum absolute atomic E-state index is 13.0. The van der Waals surface area contributed by atoms with Crippen LogP contribution in [0.5, 0.6) is 0 Å². The summed E-state index contributed by atoms with van der Waals surface area (Å²) in [6, 6.07) is 10.1. The van der Waals surface area contributed by atoms with E-state index in [0.29, 0.717) is 38.4 Å². The van der Waals surface area contributed by atoms with E-state index in [9.17, 15) is 14.4 Å². The molecule has 3 rings (SSSR count). The normalized spacial score (nSPS) is 21.5. The van der Waals surface area contributed by atoms with Gasteiger partial charge < -0.3 is 15.1 Å². The molecule has 2 atom stereocenters. The highest BCUT2D eigenvalue weighted by atomic mass is 16.2. The number of carbonyl (C=O) groups excluding carboxylic acids is 3. The van der Waals surface area contributed by atoms with Gasteiger partial charge in [0.1, 0.15) is 0 Å². The van der Waals surface area contributed by atoms with E-state index in [2.05, 4.69) is 5.32 Å². The molecular formula is C23H33N3O3. The van der Waals surface area contributed by atoms with Gasteiger partial charge in [-0.2, -0.15) is 0 Å². The molecule has 3 amide bonds. The Labute approximate surface area is 173 Å². The lowest BCUT2D eigenvalue weighted by atomic mass is 10.0. The number of hydrogen-bond donors (Lipinski definition) is 1. The summed E-state index contributed by atoms with van der Waals surface area (Å²) in [5.74, 6) is 0.304. The van der Waals surface area contributed by atoms with Crippen LogP contribution < -0.4 is 5.32 Å². The molecule has 2 heterocycles. The standard InChI is InChI=1S/C23H33N3O3/c1-16(2)13-21(27)24-20-9-11-25(12-10-20)23(29)19-14-22(28)26(15-19)17(3)18-7-5-4-6-8-18/h4-8,16-17,19-20H,9-15H2,1-3H3,(H,24,27). The Bertz CT molecular complexity index is 726. The van der Waals surface area contributed by atoms with Crippen molar-refractivity contribution in [2.75, 3.05) is 19.6 Å². The fourth-order valence-electron chi connectivity index (χ4n) is 4.34. The van der Waals surface area contributed by atoms with E-state index in [1.165, 1.54) is 0 Å². The van der Waals surface area contributed by atoms with Crippen molar-refractivity contribution in [3.05, 3.63) is 35.9 Å². The summed E-state index contributed by atoms with van der Waals surface area (Å²) in [5, 5.41) is 3.09. The first kappa shape index (κ1) is 21.3. The summed E-state index contributed by atoms with van der Waals surface area (Å²) in [6.45, 7) is 7.86. The molecule has 0 aliphatic carbocycles. The lowest BCUT2D eigenvalue weighted by Gasteiger charge is -2.34. The first-order valence-electron chi connectivity index (χ1n) is 10.8. The third-order valence-corrected chi connectivity index (χ3v) is 6.02. The summed E-state index contributed by atoms with van der Waals surface area (Å²) in [7, 11) is 0. The van der Waals surface area contributed by atoms with Gasteiger partial charge in [0.2, 0.25) is 17.7 Å². The molecule has 6 nitrogen and oxygen atoms in total. The van der Waals surface area contributed by atoms with Crippen molar-refractivity contribution in [3.8, 4) is 0 Å². The number of nitrogens with one attached hydrogen (secondary N) is 1. The van der Waals surface area contributed by atoms with Crippen molar-refractivity contribution in [1.29, 1.82) is 0 Å². The van der Waals surface area contributed by atoms with Crippen LogP contribution in [0, 0.1) is 11.8 Å². The largest absolute Gasteiger partial charge is 0.353 e. The second-order valence-corrected chi connectivity index (χ2v) is 8.80. The van der Waals surface area contributed by atoms with Crippen molar-refractivity contribution in [1.82, 2.24) is 15.1 Å². The molecule has 0 saturated carbocycles. The van der Waals surface area contributed by atoms with Crippen molar-refractivity contribution in [3.63, 3.8) is 0 Å². The van der Waals surface area contributed by atoms with Crippen LogP contribution in [-0.4, -0.2) is 53.2 Å². The molecule has 2 unspecified atom stereocenters. The SMILES string of the molecule is CC(C)CC(=O)NC1CCN(C(=O)C2CC(=O)N(C(C)c3ccccc3)C2)CC1. The molecule has 2 aliphatic heterocycles. The van der Waals surface area contributed by atoms with Gasteiger partial charge >= 0.3 is 0 Å². The highest BCUT2D eigenvalue weighted by Crippen LogP contribution is 2.30. The minimum Gasteiger partial charge on any atom is -0.353 e. The maximum Gasteiger partial charge on any atom is 0.227 e. The second kappa shape index (κ2) is 9.42. The molecular weight excluding hydrogens is 366 g/mol. The predicted molar refractivity (Wildman–Crippen MR) is 112 cm³/mol. The van der Waals surface area contributed by atoms with Crippen LogP contribution in [0.1, 0.15) is 58.1 Å². The molecule has 158 valence electrons. The minimum atomic E-state index is -0.263. The van der Waals surface area contributed by atoms with Gasteiger partial charge in [-0.25, -0.2) is 0 Å². The van der Waals surface area contributed by atoms with Crippen LogP contribution in [0.15, 0.2) is 30.3 Å². The number of hydrogen-bond acceptors (Lipinski definition) is 3. The molecule has 1 N–H and O–H groups in total. The molecule has 0 aromatic heterocycles. The first-order chi connectivity index (χ1) is 13.8. The van der Waals surface area contributed by atoms with Crippen LogP contribution in [0.3, 0.4) is 0 Å². The van der Waals surface area contributed by atoms with Gasteiger partial charge in [0.15, 0.2) is 0 Å². The maximum atomic E-state index is 13.0. The Kier molecular flexibility index (Phi) is 6.93. The number of benzene rings is 1. The van der Waals surface area contributed by atoms with Crippen LogP contribution in [0.2, 0.25) is 0 Å². The zero-order valence-corrected chi connectivity index (χ0v) is 17.8. The van der Waals surface area contributed by atoms with Crippen LogP contribution in [0.4, 0.5) is 0 Å². The van der Waals surface area contributed by atoms with E-state index >= 15 is 0 Å². The monoisotopic (exact) mass is 399 g/mol. The average molecular weight is 400 g/mol. The number of piperidine rings is 1. The van der Waals surface area contributed by atoms with Crippen LogP contribution in [-0.2, 0) is 14.4 Å². The lowest BCUT2D eigenvalue weighted by Crippen LogP contribution is -2.48. The van der Waals surface area contributed by atoms with Gasteiger partial charge in [-0.1, -0.05) is 44.2 Å². The van der Waals surface area contributed by atoms with Gasteiger partial charge in [0.05, 0.1) is 12.0 Å². The van der Waals surface area contributed by atoms with Gasteiger partial charge in [0, 0.05) is 38.5 Å². The third kappa shape index (κ3) is 5.37. The van der Waals surface area contributed by atoms with Crippen molar-refractivity contribution < 1.29 is 14.4 Å². The number of amides is 3. The summed E-state index contributed by atoms with van der Waals surface area (Å²) < 4.78 is 0. The Morgan fingerprint density at radius 1 is 1.10 bits per heavy atom. The summed E-state index contributed by atoms with van der Waals surface area (Å²) in [6.07, 6.45) is 2.39. The molecule has 2 saturated heterocycles. The number of rotatable bonds is 6. The van der Waals surface area contributed by atoms with E-state index < -0.39 is 0 Å². The zero-order valence-electron chi connectivity index (χ0n) is 17.8. The number of nitrogens with zero attached hydrogens (tertiary/aromatic N) is 2. The Morgan fingerprint density at radius 3 is 2.38 bits per heavy atom. The quantitative estimate of drug-likeness (QED) is 0.800. The van der Waals surface area contributed by atoms with Gasteiger partial charge in [0.25, 0.3) is 0 Å². The topological polar surface area (TPSA) is 69.7 Å². The molecule has 6 heteroatoms. The number of likely N-dealkylation sites (tertiary alicyclic amines) is 2. The van der Waals surface area contributed by atoms with Gasteiger partial charge in [-0.15, -0.1) is 0 Å². The molecule has 1 aromatic rings. The molecule has 2 fully saturated rings. The van der Waals surface area contributed by atoms with Crippen LogP contribution in [0.25, 0.3) is 0 Å². The smallest absolute Gasteiger partial charge is 0.227 e. The highest BCUT2D eigenvalue weighted by Gasteiger charge is 2.39. The summed E-state index contributed by atoms with van der Waals surface area (Å²) >= 11 is 0. The Morgan fingerprint density at radius 2 is 1.76 bits per heavy atom. The van der Waals surface area contributed by atoms with E-state index in [1.54, 1.807) is 0 Å². The fraction of sp³-hybridized carbons (Fsp3) is 0.609. The zero-order chi connectivity index (χ0) is 21.0. The lowest BCUT2D eigenvalue weighted by molar-refractivity contribution is -0.137. The fourth-order valence-corrected chi connectivity index (χ4v) is 4.34. The third-order valence-electron chi connectivity index (χ3n) is 6.02. The van der Waals surface area contributed by atoms with E-state index in [0.717, 1.165) is 18.4 Å². The summed E-state index contributed by atoms with van der Waals surface area (Å²) in [5.41, 5.74) is 1.09. The Hall–Kier alpha value is -2.37. The van der Waals surface area contributed by atoms with E-state index in [-0.39, 0.29) is 35.7 Å². The Balaban J connectivity index is 1.50. The van der Waals surface area contributed by atoms with Gasteiger partial charge in [-0.3, -0.25) is 14.4 Å². The van der Waals surface area contributed by atoms with Gasteiger partial charge in [-0.05, 0) is 31.2 Å². The van der Waals surface area contributed by atoms with Crippen LogP contribution >= 0.6 is 0 Å². The average Bonchev–Trinajstić information content (AvgIpc) is 3.09. The molecule has 1 aromatic carbocycles. The molecule has 29 heavy (non-hydrogen) atoms. The van der Waals surface area contributed by atoms with E-state index in [1.807, 2.05) is 60.9 Å². The molecule has 0 radical (unpaired) electrons. The first-order valence-corrected chi connectivity index (χ1v) is 10.8. The van der Waals surface area contributed by atoms with E-state index in [4.69, 9.17) is 0 Å². The summed E-state index contributed by atoms with van der Waals surface area (Å²) in [4.78, 5) is 41.2. The highest BCUT2D eigenvalue weighted by molar-refractivity contribution is 5.89. The minimum absolute atomic E-state index is 0.0246. The molecule has 0 spiro atoms. The van der Waals surface area contributed by atoms with Crippen molar-refractivity contribution >= 4 is 17.7 Å². The second-order valence-electron chi connectivity index (χ2n) is 8.80. The molecule has 0 bridgehead atoms.